The van der Waals surface area contributed by atoms with Gasteiger partial charge in [0.25, 0.3) is 0 Å². The van der Waals surface area contributed by atoms with Gasteiger partial charge in [-0.25, -0.2) is 9.36 Å². The summed E-state index contributed by atoms with van der Waals surface area (Å²) in [7, 11) is -3.67. The molecule has 2 aliphatic heterocycles. The monoisotopic (exact) mass is 458 g/mol. The first-order chi connectivity index (χ1) is 14.9. The van der Waals surface area contributed by atoms with Crippen LogP contribution in [0, 0.1) is 5.92 Å². The van der Waals surface area contributed by atoms with Crippen molar-refractivity contribution in [1.29, 1.82) is 0 Å². The molecule has 0 saturated carbocycles. The zero-order valence-electron chi connectivity index (χ0n) is 19.2. The van der Waals surface area contributed by atoms with Crippen LogP contribution in [0.4, 0.5) is 0 Å². The Morgan fingerprint density at radius 3 is 2.26 bits per heavy atom. The highest BCUT2D eigenvalue weighted by Gasteiger charge is 2.42. The van der Waals surface area contributed by atoms with E-state index in [0.29, 0.717) is 18.0 Å². The number of ether oxygens (including phenoxy) is 1. The van der Waals surface area contributed by atoms with E-state index in [2.05, 4.69) is 6.92 Å². The van der Waals surface area contributed by atoms with Crippen molar-refractivity contribution in [2.75, 3.05) is 19.8 Å². The van der Waals surface area contributed by atoms with Crippen molar-refractivity contribution in [3.63, 3.8) is 0 Å². The Bertz CT molecular complexity index is 658. The van der Waals surface area contributed by atoms with Gasteiger partial charge in [0.15, 0.2) is 0 Å². The van der Waals surface area contributed by atoms with Crippen LogP contribution < -0.4 is 0 Å². The lowest BCUT2D eigenvalue weighted by molar-refractivity contribution is -0.135. The van der Waals surface area contributed by atoms with Gasteiger partial charge in [0.05, 0.1) is 24.7 Å². The van der Waals surface area contributed by atoms with E-state index in [4.69, 9.17) is 18.3 Å². The van der Waals surface area contributed by atoms with Gasteiger partial charge in [-0.1, -0.05) is 58.3 Å². The first-order valence-electron chi connectivity index (χ1n) is 11.9. The quantitative estimate of drug-likeness (QED) is 0.153. The predicted octanol–water partition coefficient (Wildman–Crippen LogP) is 6.27. The van der Waals surface area contributed by atoms with E-state index >= 15 is 0 Å². The van der Waals surface area contributed by atoms with E-state index in [9.17, 15) is 14.2 Å². The number of esters is 1. The standard InChI is InChI=1S/C23H39O7P/c1-3-4-14-21(24)15-12-10-8-6-5-7-9-11-13-16-28-31(26)29-18-20-17-27-23(25)22(20)19(2)30-31/h20H,3-18H2,1-2H3. The van der Waals surface area contributed by atoms with E-state index in [1.165, 1.54) is 25.7 Å². The van der Waals surface area contributed by atoms with Crippen LogP contribution in [-0.2, 0) is 32.5 Å². The first kappa shape index (κ1) is 26.1. The second kappa shape index (κ2) is 14.1. The molecule has 7 nitrogen and oxygen atoms in total. The lowest BCUT2D eigenvalue weighted by Crippen LogP contribution is -2.10. The van der Waals surface area contributed by atoms with Crippen molar-refractivity contribution in [2.24, 2.45) is 5.92 Å². The molecule has 8 heteroatoms. The van der Waals surface area contributed by atoms with Crippen LogP contribution in [0.5, 0.6) is 0 Å². The maximum Gasteiger partial charge on any atom is 0.529 e. The Kier molecular flexibility index (Phi) is 11.8. The summed E-state index contributed by atoms with van der Waals surface area (Å²) in [5.74, 6) is 0.0235. The van der Waals surface area contributed by atoms with Crippen LogP contribution in [0.3, 0.4) is 0 Å². The first-order valence-corrected chi connectivity index (χ1v) is 13.4. The Hall–Kier alpha value is -1.17. The number of rotatable bonds is 16. The molecule has 1 fully saturated rings. The minimum Gasteiger partial charge on any atom is -0.461 e. The number of Topliss-reactive ketones (excluding diaryl/α,β-unsaturated/α-hetero) is 1. The van der Waals surface area contributed by atoms with Crippen molar-refractivity contribution in [3.8, 4) is 0 Å². The number of hydrogen-bond donors (Lipinski definition) is 0. The number of cyclic esters (lactones) is 1. The molecule has 178 valence electrons. The molecular weight excluding hydrogens is 419 g/mol. The third kappa shape index (κ3) is 9.46. The lowest BCUT2D eigenvalue weighted by atomic mass is 10.0. The number of carbonyl (C=O) groups is 2. The zero-order valence-corrected chi connectivity index (χ0v) is 20.1. The second-order valence-electron chi connectivity index (χ2n) is 8.51. The van der Waals surface area contributed by atoms with Gasteiger partial charge in [-0.2, -0.15) is 0 Å². The molecule has 0 bridgehead atoms. The number of hydrogen-bond acceptors (Lipinski definition) is 7. The molecule has 0 aromatic carbocycles. The molecule has 0 spiro atoms. The van der Waals surface area contributed by atoms with Crippen molar-refractivity contribution in [1.82, 2.24) is 0 Å². The Labute approximate surface area is 186 Å². The summed E-state index contributed by atoms with van der Waals surface area (Å²) >= 11 is 0. The highest BCUT2D eigenvalue weighted by atomic mass is 31.2. The van der Waals surface area contributed by atoms with E-state index in [1.54, 1.807) is 6.92 Å². The Morgan fingerprint density at radius 1 is 0.968 bits per heavy atom. The zero-order chi connectivity index (χ0) is 22.5. The minimum atomic E-state index is -3.67. The van der Waals surface area contributed by atoms with Gasteiger partial charge >= 0.3 is 13.8 Å². The van der Waals surface area contributed by atoms with Crippen LogP contribution in [0.25, 0.3) is 0 Å². The van der Waals surface area contributed by atoms with Crippen LogP contribution in [0.2, 0.25) is 0 Å². The fourth-order valence-corrected chi connectivity index (χ4v) is 5.22. The number of phosphoric acid groups is 1. The molecule has 0 aliphatic carbocycles. The molecule has 1 saturated heterocycles. The van der Waals surface area contributed by atoms with Gasteiger partial charge in [0, 0.05) is 12.8 Å². The van der Waals surface area contributed by atoms with Crippen LogP contribution in [0.1, 0.15) is 97.3 Å². The van der Waals surface area contributed by atoms with Crippen molar-refractivity contribution < 1.29 is 32.5 Å². The summed E-state index contributed by atoms with van der Waals surface area (Å²) in [6.45, 7) is 4.35. The molecule has 0 radical (unpaired) electrons. The molecule has 0 N–H and O–H groups in total. The highest BCUT2D eigenvalue weighted by molar-refractivity contribution is 7.48. The smallest absolute Gasteiger partial charge is 0.461 e. The number of carbonyl (C=O) groups excluding carboxylic acids is 2. The number of ketones is 1. The van der Waals surface area contributed by atoms with Crippen molar-refractivity contribution in [3.05, 3.63) is 11.3 Å². The molecule has 2 unspecified atom stereocenters. The molecule has 2 aliphatic rings. The normalized spacial score (nSPS) is 23.3. The second-order valence-corrected chi connectivity index (χ2v) is 10.1. The fourth-order valence-electron chi connectivity index (χ4n) is 3.89. The molecule has 2 heterocycles. The van der Waals surface area contributed by atoms with E-state index in [1.807, 2.05) is 0 Å². The molecule has 2 rings (SSSR count). The molecule has 0 aromatic rings. The van der Waals surface area contributed by atoms with E-state index in [0.717, 1.165) is 57.8 Å². The molecule has 0 amide bonds. The van der Waals surface area contributed by atoms with Crippen molar-refractivity contribution in [2.45, 2.75) is 97.3 Å². The fraction of sp³-hybridized carbons (Fsp3) is 0.826. The molecule has 2 atom stereocenters. The van der Waals surface area contributed by atoms with Gasteiger partial charge < -0.3 is 9.26 Å². The highest BCUT2D eigenvalue weighted by Crippen LogP contribution is 2.54. The average Bonchev–Trinajstić information content (AvgIpc) is 3.06. The van der Waals surface area contributed by atoms with Gasteiger partial charge in [0.1, 0.15) is 18.1 Å². The van der Waals surface area contributed by atoms with Gasteiger partial charge in [0.2, 0.25) is 0 Å². The Balaban J connectivity index is 1.46. The number of allylic oxidation sites excluding steroid dienone is 1. The number of fused-ring (bicyclic) bond motifs is 1. The van der Waals surface area contributed by atoms with E-state index in [-0.39, 0.29) is 24.9 Å². The summed E-state index contributed by atoms with van der Waals surface area (Å²) in [6.07, 6.45) is 13.5. The maximum atomic E-state index is 12.7. The SMILES string of the molecule is CCCCC(=O)CCCCCCCCCCCOP1(=O)OCC2COC(=O)C2=C(C)O1. The lowest BCUT2D eigenvalue weighted by Gasteiger charge is -2.17. The third-order valence-electron chi connectivity index (χ3n) is 5.76. The van der Waals surface area contributed by atoms with Crippen molar-refractivity contribution >= 4 is 19.6 Å². The Morgan fingerprint density at radius 2 is 1.58 bits per heavy atom. The summed E-state index contributed by atoms with van der Waals surface area (Å²) in [5.41, 5.74) is 0.407. The summed E-state index contributed by atoms with van der Waals surface area (Å²) < 4.78 is 33.8. The maximum absolute atomic E-state index is 12.7. The minimum absolute atomic E-state index is 0.0998. The summed E-state index contributed by atoms with van der Waals surface area (Å²) in [6, 6.07) is 0. The van der Waals surface area contributed by atoms with Crippen LogP contribution in [0.15, 0.2) is 11.3 Å². The number of unbranched alkanes of at least 4 members (excludes halogenated alkanes) is 9. The van der Waals surface area contributed by atoms with Gasteiger partial charge in [-0.3, -0.25) is 13.8 Å². The van der Waals surface area contributed by atoms with Crippen LogP contribution in [-0.4, -0.2) is 31.6 Å². The molecular formula is C23H39O7P. The number of phosphoric ester groups is 1. The average molecular weight is 459 g/mol. The van der Waals surface area contributed by atoms with Gasteiger partial charge in [-0.05, 0) is 26.2 Å². The largest absolute Gasteiger partial charge is 0.529 e. The molecule has 31 heavy (non-hydrogen) atoms. The summed E-state index contributed by atoms with van der Waals surface area (Å²) in [4.78, 5) is 23.4. The van der Waals surface area contributed by atoms with Gasteiger partial charge in [-0.15, -0.1) is 0 Å². The molecule has 0 aromatic heterocycles. The van der Waals surface area contributed by atoms with E-state index < -0.39 is 13.8 Å². The predicted molar refractivity (Wildman–Crippen MR) is 118 cm³/mol. The topological polar surface area (TPSA) is 88.1 Å². The summed E-state index contributed by atoms with van der Waals surface area (Å²) in [5, 5.41) is 0. The van der Waals surface area contributed by atoms with Crippen LogP contribution >= 0.6 is 7.82 Å². The third-order valence-corrected chi connectivity index (χ3v) is 7.23.